The van der Waals surface area contributed by atoms with Gasteiger partial charge in [-0.2, -0.15) is 5.10 Å². The first-order valence-electron chi connectivity index (χ1n) is 8.45. The smallest absolute Gasteiger partial charge is 0.227 e. The van der Waals surface area contributed by atoms with Crippen LogP contribution in [0.4, 0.5) is 0 Å². The largest absolute Gasteiger partial charge is 0.342 e. The van der Waals surface area contributed by atoms with E-state index in [4.69, 9.17) is 0 Å². The minimum Gasteiger partial charge on any atom is -0.342 e. The number of piperidine rings is 1. The molecule has 0 bridgehead atoms. The standard InChI is InChI=1S/C19H25N3O/c1-14-18(15(2)21-20-14)13-19(23)22-10-8-17(9-11-22)12-16-6-4-3-5-7-16/h3-7,17H,8-13H2,1-2H3,(H,20,21). The van der Waals surface area contributed by atoms with E-state index in [9.17, 15) is 4.79 Å². The molecule has 1 aromatic carbocycles. The van der Waals surface area contributed by atoms with Crippen molar-refractivity contribution in [2.45, 2.75) is 39.5 Å². The van der Waals surface area contributed by atoms with Crippen molar-refractivity contribution in [2.24, 2.45) is 5.92 Å². The van der Waals surface area contributed by atoms with Gasteiger partial charge in [-0.1, -0.05) is 30.3 Å². The SMILES string of the molecule is Cc1n[nH]c(C)c1CC(=O)N1CCC(Cc2ccccc2)CC1. The molecular weight excluding hydrogens is 286 g/mol. The number of hydrogen-bond donors (Lipinski definition) is 1. The van der Waals surface area contributed by atoms with Gasteiger partial charge in [-0.15, -0.1) is 0 Å². The van der Waals surface area contributed by atoms with Crippen LogP contribution < -0.4 is 0 Å². The summed E-state index contributed by atoms with van der Waals surface area (Å²) in [5, 5.41) is 7.14. The Kier molecular flexibility index (Phi) is 4.79. The maximum absolute atomic E-state index is 12.5. The van der Waals surface area contributed by atoms with Crippen LogP contribution in [0.5, 0.6) is 0 Å². The van der Waals surface area contributed by atoms with Crippen LogP contribution in [0.3, 0.4) is 0 Å². The van der Waals surface area contributed by atoms with Crippen LogP contribution in [0.1, 0.15) is 35.4 Å². The first kappa shape index (κ1) is 15.8. The number of amides is 1. The fourth-order valence-corrected chi connectivity index (χ4v) is 3.43. The molecule has 0 radical (unpaired) electrons. The minimum absolute atomic E-state index is 0.232. The van der Waals surface area contributed by atoms with E-state index < -0.39 is 0 Å². The quantitative estimate of drug-likeness (QED) is 0.943. The molecular formula is C19H25N3O. The van der Waals surface area contributed by atoms with Crippen molar-refractivity contribution in [1.82, 2.24) is 15.1 Å². The van der Waals surface area contributed by atoms with E-state index in [0.29, 0.717) is 12.3 Å². The maximum atomic E-state index is 12.5. The van der Waals surface area contributed by atoms with E-state index in [1.807, 2.05) is 18.7 Å². The number of rotatable bonds is 4. The summed E-state index contributed by atoms with van der Waals surface area (Å²) >= 11 is 0. The molecule has 0 unspecified atom stereocenters. The van der Waals surface area contributed by atoms with E-state index in [1.165, 1.54) is 5.56 Å². The Balaban J connectivity index is 1.51. The highest BCUT2D eigenvalue weighted by Crippen LogP contribution is 2.22. The number of aromatic nitrogens is 2. The van der Waals surface area contributed by atoms with Gasteiger partial charge in [0.05, 0.1) is 12.1 Å². The molecule has 0 aliphatic carbocycles. The normalized spacial score (nSPS) is 15.8. The van der Waals surface area contributed by atoms with Crippen LogP contribution >= 0.6 is 0 Å². The van der Waals surface area contributed by atoms with Gasteiger partial charge in [-0.05, 0) is 44.6 Å². The molecule has 1 N–H and O–H groups in total. The summed E-state index contributed by atoms with van der Waals surface area (Å²) in [6, 6.07) is 10.7. The molecule has 4 heteroatoms. The molecule has 2 aromatic rings. The maximum Gasteiger partial charge on any atom is 0.227 e. The Bertz CT molecular complexity index is 635. The van der Waals surface area contributed by atoms with Gasteiger partial charge >= 0.3 is 0 Å². The number of aromatic amines is 1. The number of likely N-dealkylation sites (tertiary alicyclic amines) is 1. The molecule has 1 fully saturated rings. The summed E-state index contributed by atoms with van der Waals surface area (Å²) in [5.74, 6) is 0.926. The number of carbonyl (C=O) groups is 1. The molecule has 1 aromatic heterocycles. The van der Waals surface area contributed by atoms with Crippen LogP contribution in [0, 0.1) is 19.8 Å². The van der Waals surface area contributed by atoms with Crippen LogP contribution in [0.15, 0.2) is 30.3 Å². The van der Waals surface area contributed by atoms with Crippen LogP contribution in [-0.2, 0) is 17.6 Å². The Hall–Kier alpha value is -2.10. The van der Waals surface area contributed by atoms with Gasteiger partial charge in [0, 0.05) is 24.3 Å². The summed E-state index contributed by atoms with van der Waals surface area (Å²) in [4.78, 5) is 14.5. The molecule has 23 heavy (non-hydrogen) atoms. The molecule has 1 saturated heterocycles. The molecule has 0 saturated carbocycles. The van der Waals surface area contributed by atoms with Crippen LogP contribution in [0.2, 0.25) is 0 Å². The highest BCUT2D eigenvalue weighted by molar-refractivity contribution is 5.79. The van der Waals surface area contributed by atoms with Crippen molar-refractivity contribution >= 4 is 5.91 Å². The van der Waals surface area contributed by atoms with E-state index in [0.717, 1.165) is 49.3 Å². The Morgan fingerprint density at radius 1 is 1.22 bits per heavy atom. The molecule has 0 atom stereocenters. The Labute approximate surface area is 137 Å². The molecule has 4 nitrogen and oxygen atoms in total. The fourth-order valence-electron chi connectivity index (χ4n) is 3.43. The van der Waals surface area contributed by atoms with Gasteiger partial charge in [-0.3, -0.25) is 9.89 Å². The molecule has 2 heterocycles. The molecule has 122 valence electrons. The average Bonchev–Trinajstić information content (AvgIpc) is 2.88. The Morgan fingerprint density at radius 3 is 2.52 bits per heavy atom. The van der Waals surface area contributed by atoms with Crippen molar-refractivity contribution in [3.63, 3.8) is 0 Å². The van der Waals surface area contributed by atoms with Gasteiger partial charge in [0.2, 0.25) is 5.91 Å². The lowest BCUT2D eigenvalue weighted by Crippen LogP contribution is -2.39. The monoisotopic (exact) mass is 311 g/mol. The summed E-state index contributed by atoms with van der Waals surface area (Å²) in [5.41, 5.74) is 4.41. The molecule has 0 spiro atoms. The third-order valence-corrected chi connectivity index (χ3v) is 4.94. The highest BCUT2D eigenvalue weighted by atomic mass is 16.2. The number of hydrogen-bond acceptors (Lipinski definition) is 2. The lowest BCUT2D eigenvalue weighted by Gasteiger charge is -2.32. The lowest BCUT2D eigenvalue weighted by molar-refractivity contribution is -0.131. The zero-order chi connectivity index (χ0) is 16.2. The van der Waals surface area contributed by atoms with Gasteiger partial charge < -0.3 is 4.90 Å². The zero-order valence-corrected chi connectivity index (χ0v) is 14.0. The Morgan fingerprint density at radius 2 is 1.91 bits per heavy atom. The van der Waals surface area contributed by atoms with Crippen LogP contribution in [0.25, 0.3) is 0 Å². The van der Waals surface area contributed by atoms with Crippen molar-refractivity contribution < 1.29 is 4.79 Å². The van der Waals surface area contributed by atoms with Crippen molar-refractivity contribution in [3.05, 3.63) is 52.8 Å². The van der Waals surface area contributed by atoms with Gasteiger partial charge in [-0.25, -0.2) is 0 Å². The predicted octanol–water partition coefficient (Wildman–Crippen LogP) is 3.05. The number of H-pyrrole nitrogens is 1. The second kappa shape index (κ2) is 6.99. The predicted molar refractivity (Wildman–Crippen MR) is 91.2 cm³/mol. The second-order valence-electron chi connectivity index (χ2n) is 6.60. The first-order valence-corrected chi connectivity index (χ1v) is 8.45. The average molecular weight is 311 g/mol. The first-order chi connectivity index (χ1) is 11.1. The molecule has 1 aliphatic rings. The van der Waals surface area contributed by atoms with E-state index in [1.54, 1.807) is 0 Å². The lowest BCUT2D eigenvalue weighted by atomic mass is 9.90. The van der Waals surface area contributed by atoms with Gasteiger partial charge in [0.25, 0.3) is 0 Å². The minimum atomic E-state index is 0.232. The summed E-state index contributed by atoms with van der Waals surface area (Å²) in [6.07, 6.45) is 3.80. The van der Waals surface area contributed by atoms with Gasteiger partial charge in [0.1, 0.15) is 0 Å². The van der Waals surface area contributed by atoms with Crippen molar-refractivity contribution in [1.29, 1.82) is 0 Å². The third kappa shape index (κ3) is 3.81. The van der Waals surface area contributed by atoms with Crippen molar-refractivity contribution in [3.8, 4) is 0 Å². The second-order valence-corrected chi connectivity index (χ2v) is 6.60. The number of nitrogens with one attached hydrogen (secondary N) is 1. The highest BCUT2D eigenvalue weighted by Gasteiger charge is 2.24. The summed E-state index contributed by atoms with van der Waals surface area (Å²) in [6.45, 7) is 5.70. The topological polar surface area (TPSA) is 49.0 Å². The summed E-state index contributed by atoms with van der Waals surface area (Å²) < 4.78 is 0. The van der Waals surface area contributed by atoms with E-state index in [-0.39, 0.29) is 5.91 Å². The van der Waals surface area contributed by atoms with Gasteiger partial charge in [0.15, 0.2) is 0 Å². The summed E-state index contributed by atoms with van der Waals surface area (Å²) in [7, 11) is 0. The molecule has 1 amide bonds. The fraction of sp³-hybridized carbons (Fsp3) is 0.474. The number of carbonyl (C=O) groups excluding carboxylic acids is 1. The van der Waals surface area contributed by atoms with Crippen molar-refractivity contribution in [2.75, 3.05) is 13.1 Å². The third-order valence-electron chi connectivity index (χ3n) is 4.94. The zero-order valence-electron chi connectivity index (χ0n) is 14.0. The number of aryl methyl sites for hydroxylation is 2. The number of benzene rings is 1. The van der Waals surface area contributed by atoms with E-state index in [2.05, 4.69) is 40.5 Å². The van der Waals surface area contributed by atoms with Crippen LogP contribution in [-0.4, -0.2) is 34.1 Å². The van der Waals surface area contributed by atoms with E-state index >= 15 is 0 Å². The molecule has 3 rings (SSSR count). The number of nitrogens with zero attached hydrogens (tertiary/aromatic N) is 2. The molecule has 1 aliphatic heterocycles.